The van der Waals surface area contributed by atoms with Crippen LogP contribution in [0.3, 0.4) is 0 Å². The van der Waals surface area contributed by atoms with Gasteiger partial charge >= 0.3 is 5.97 Å². The molecule has 0 aliphatic carbocycles. The lowest BCUT2D eigenvalue weighted by Crippen LogP contribution is -2.18. The topological polar surface area (TPSA) is 108 Å². The molecule has 3 aromatic rings. The maximum atomic E-state index is 12.4. The largest absolute Gasteiger partial charge is 0.482 e. The average molecular weight is 475 g/mol. The third-order valence-corrected chi connectivity index (χ3v) is 4.81. The van der Waals surface area contributed by atoms with Crippen molar-refractivity contribution < 1.29 is 24.0 Å². The van der Waals surface area contributed by atoms with Crippen LogP contribution in [-0.4, -0.2) is 23.4 Å². The second-order valence-corrected chi connectivity index (χ2v) is 7.41. The first-order chi connectivity index (χ1) is 15.2. The standard InChI is InChI=1S/C22H16Cl2N2O6/c1-13-10-17(7-9-20(13)26(29)30)31-12-21(27)32-16-5-2-14(3-6-16)22(28)25-19-11-15(23)4-8-18(19)24/h2-11H,12H2,1H3,(H,25,28). The molecule has 0 spiro atoms. The molecule has 0 saturated heterocycles. The number of carbonyl (C=O) groups excluding carboxylic acids is 2. The summed E-state index contributed by atoms with van der Waals surface area (Å²) in [5.74, 6) is -0.569. The quantitative estimate of drug-likeness (QED) is 0.211. The molecular weight excluding hydrogens is 459 g/mol. The van der Waals surface area contributed by atoms with Crippen molar-refractivity contribution in [2.45, 2.75) is 6.92 Å². The van der Waals surface area contributed by atoms with E-state index in [-0.39, 0.29) is 11.4 Å². The molecule has 0 bridgehead atoms. The van der Waals surface area contributed by atoms with Crippen molar-refractivity contribution in [1.29, 1.82) is 0 Å². The molecule has 0 aromatic heterocycles. The van der Waals surface area contributed by atoms with E-state index < -0.39 is 23.4 Å². The van der Waals surface area contributed by atoms with Gasteiger partial charge in [0, 0.05) is 22.2 Å². The van der Waals surface area contributed by atoms with Gasteiger partial charge in [-0.3, -0.25) is 14.9 Å². The predicted octanol–water partition coefficient (Wildman–Crippen LogP) is 5.45. The average Bonchev–Trinajstić information content (AvgIpc) is 2.75. The van der Waals surface area contributed by atoms with Crippen LogP contribution in [0.4, 0.5) is 11.4 Å². The van der Waals surface area contributed by atoms with Crippen LogP contribution in [-0.2, 0) is 4.79 Å². The van der Waals surface area contributed by atoms with Gasteiger partial charge in [0.2, 0.25) is 0 Å². The van der Waals surface area contributed by atoms with Crippen molar-refractivity contribution in [1.82, 2.24) is 0 Å². The van der Waals surface area contributed by atoms with E-state index in [1.54, 1.807) is 19.1 Å². The summed E-state index contributed by atoms with van der Waals surface area (Å²) in [5, 5.41) is 14.3. The molecule has 0 atom stereocenters. The Kier molecular flexibility index (Phi) is 7.29. The Bertz CT molecular complexity index is 1180. The van der Waals surface area contributed by atoms with Gasteiger partial charge in [-0.2, -0.15) is 0 Å². The number of amides is 1. The van der Waals surface area contributed by atoms with Gasteiger partial charge < -0.3 is 14.8 Å². The normalized spacial score (nSPS) is 10.3. The number of benzene rings is 3. The van der Waals surface area contributed by atoms with E-state index >= 15 is 0 Å². The summed E-state index contributed by atoms with van der Waals surface area (Å²) >= 11 is 12.0. The molecule has 3 aromatic carbocycles. The Hall–Kier alpha value is -3.62. The highest BCUT2D eigenvalue weighted by molar-refractivity contribution is 6.35. The highest BCUT2D eigenvalue weighted by atomic mass is 35.5. The van der Waals surface area contributed by atoms with Crippen LogP contribution < -0.4 is 14.8 Å². The Morgan fingerprint density at radius 3 is 2.34 bits per heavy atom. The molecule has 3 rings (SSSR count). The number of nitrogens with one attached hydrogen (secondary N) is 1. The number of nitro groups is 1. The lowest BCUT2D eigenvalue weighted by Gasteiger charge is -2.09. The predicted molar refractivity (Wildman–Crippen MR) is 120 cm³/mol. The first kappa shape index (κ1) is 23.1. The van der Waals surface area contributed by atoms with E-state index in [9.17, 15) is 19.7 Å². The van der Waals surface area contributed by atoms with Crippen molar-refractivity contribution in [2.24, 2.45) is 0 Å². The summed E-state index contributed by atoms with van der Waals surface area (Å²) in [5.41, 5.74) is 1.06. The van der Waals surface area contributed by atoms with Crippen LogP contribution in [0.5, 0.6) is 11.5 Å². The summed E-state index contributed by atoms with van der Waals surface area (Å²) in [7, 11) is 0. The van der Waals surface area contributed by atoms with Crippen LogP contribution in [0, 0.1) is 17.0 Å². The van der Waals surface area contributed by atoms with Crippen LogP contribution >= 0.6 is 23.2 Å². The van der Waals surface area contributed by atoms with E-state index in [0.717, 1.165) is 0 Å². The van der Waals surface area contributed by atoms with Crippen LogP contribution in [0.25, 0.3) is 0 Å². The van der Waals surface area contributed by atoms with Gasteiger partial charge in [0.25, 0.3) is 11.6 Å². The fourth-order valence-electron chi connectivity index (χ4n) is 2.69. The first-order valence-electron chi connectivity index (χ1n) is 9.18. The highest BCUT2D eigenvalue weighted by Gasteiger charge is 2.13. The van der Waals surface area contributed by atoms with E-state index in [2.05, 4.69) is 5.32 Å². The van der Waals surface area contributed by atoms with Crippen LogP contribution in [0.15, 0.2) is 60.7 Å². The lowest BCUT2D eigenvalue weighted by atomic mass is 10.2. The fourth-order valence-corrected chi connectivity index (χ4v) is 3.02. The summed E-state index contributed by atoms with van der Waals surface area (Å²) in [4.78, 5) is 34.7. The van der Waals surface area contributed by atoms with Crippen LogP contribution in [0.2, 0.25) is 10.0 Å². The Balaban J connectivity index is 1.55. The van der Waals surface area contributed by atoms with Crippen molar-refractivity contribution in [3.8, 4) is 11.5 Å². The molecular formula is C22H16Cl2N2O6. The van der Waals surface area contributed by atoms with Gasteiger partial charge in [-0.25, -0.2) is 4.79 Å². The smallest absolute Gasteiger partial charge is 0.349 e. The molecule has 0 aliphatic rings. The number of halogens is 2. The zero-order valence-corrected chi connectivity index (χ0v) is 18.1. The Labute approximate surface area is 192 Å². The zero-order valence-electron chi connectivity index (χ0n) is 16.6. The molecule has 164 valence electrons. The van der Waals surface area contributed by atoms with Crippen molar-refractivity contribution >= 4 is 46.5 Å². The van der Waals surface area contributed by atoms with Crippen molar-refractivity contribution in [3.63, 3.8) is 0 Å². The van der Waals surface area contributed by atoms with Gasteiger partial charge in [-0.05, 0) is 61.5 Å². The van der Waals surface area contributed by atoms with E-state index in [1.165, 1.54) is 48.5 Å². The van der Waals surface area contributed by atoms with Crippen LogP contribution in [0.1, 0.15) is 15.9 Å². The second-order valence-electron chi connectivity index (χ2n) is 6.57. The molecule has 32 heavy (non-hydrogen) atoms. The number of hydrogen-bond donors (Lipinski definition) is 1. The van der Waals surface area contributed by atoms with Gasteiger partial charge in [0.05, 0.1) is 15.6 Å². The summed E-state index contributed by atoms with van der Waals surface area (Å²) < 4.78 is 10.5. The number of esters is 1. The van der Waals surface area contributed by atoms with Gasteiger partial charge in [0.15, 0.2) is 6.61 Å². The van der Waals surface area contributed by atoms with Crippen molar-refractivity contribution in [3.05, 3.63) is 92.0 Å². The number of hydrogen-bond acceptors (Lipinski definition) is 6. The third-order valence-electron chi connectivity index (χ3n) is 4.25. The van der Waals surface area contributed by atoms with Gasteiger partial charge in [-0.1, -0.05) is 23.2 Å². The first-order valence-corrected chi connectivity index (χ1v) is 9.93. The summed E-state index contributed by atoms with van der Waals surface area (Å²) in [6.45, 7) is 1.17. The maximum Gasteiger partial charge on any atom is 0.349 e. The van der Waals surface area contributed by atoms with E-state index in [4.69, 9.17) is 32.7 Å². The zero-order chi connectivity index (χ0) is 23.3. The van der Waals surface area contributed by atoms with Gasteiger partial charge in [-0.15, -0.1) is 0 Å². The van der Waals surface area contributed by atoms with E-state index in [0.29, 0.717) is 32.6 Å². The monoisotopic (exact) mass is 474 g/mol. The summed E-state index contributed by atoms with van der Waals surface area (Å²) in [6, 6.07) is 14.8. The fraction of sp³-hybridized carbons (Fsp3) is 0.0909. The Morgan fingerprint density at radius 1 is 1.00 bits per heavy atom. The number of rotatable bonds is 7. The minimum Gasteiger partial charge on any atom is -0.482 e. The Morgan fingerprint density at radius 2 is 1.69 bits per heavy atom. The SMILES string of the molecule is Cc1cc(OCC(=O)Oc2ccc(C(=O)Nc3cc(Cl)ccc3Cl)cc2)ccc1[N+](=O)[O-]. The third kappa shape index (κ3) is 5.96. The van der Waals surface area contributed by atoms with E-state index in [1.807, 2.05) is 0 Å². The lowest BCUT2D eigenvalue weighted by molar-refractivity contribution is -0.385. The molecule has 0 aliphatic heterocycles. The minimum atomic E-state index is -0.677. The number of aryl methyl sites for hydroxylation is 1. The molecule has 1 N–H and O–H groups in total. The summed E-state index contributed by atoms with van der Waals surface area (Å²) in [6.07, 6.45) is 0. The number of carbonyl (C=O) groups is 2. The highest BCUT2D eigenvalue weighted by Crippen LogP contribution is 2.26. The molecule has 0 saturated carbocycles. The molecule has 0 fully saturated rings. The maximum absolute atomic E-state index is 12.4. The molecule has 1 amide bonds. The molecule has 0 unspecified atom stereocenters. The molecule has 8 nitrogen and oxygen atoms in total. The molecule has 0 heterocycles. The molecule has 10 heteroatoms. The molecule has 0 radical (unpaired) electrons. The number of nitrogens with zero attached hydrogens (tertiary/aromatic N) is 1. The minimum absolute atomic E-state index is 0.0401. The van der Waals surface area contributed by atoms with Gasteiger partial charge in [0.1, 0.15) is 11.5 Å². The second kappa shape index (κ2) is 10.1. The number of ether oxygens (including phenoxy) is 2. The van der Waals surface area contributed by atoms with Crippen molar-refractivity contribution in [2.75, 3.05) is 11.9 Å². The number of nitro benzene ring substituents is 1. The number of anilines is 1.